The SMILES string of the molecule is CCC(C)c1ccc(-c2ccc(Cl)cc2)cc1OS(C)(=O)=O. The predicted molar refractivity (Wildman–Crippen MR) is 91.1 cm³/mol. The Hall–Kier alpha value is -1.52. The molecule has 22 heavy (non-hydrogen) atoms. The Morgan fingerprint density at radius 1 is 1.09 bits per heavy atom. The lowest BCUT2D eigenvalue weighted by atomic mass is 9.95. The quantitative estimate of drug-likeness (QED) is 0.731. The smallest absolute Gasteiger partial charge is 0.306 e. The van der Waals surface area contributed by atoms with Crippen LogP contribution in [0.5, 0.6) is 5.75 Å². The lowest BCUT2D eigenvalue weighted by Crippen LogP contribution is -2.08. The van der Waals surface area contributed by atoms with Crippen LogP contribution in [0.1, 0.15) is 31.7 Å². The molecule has 0 aliphatic heterocycles. The van der Waals surface area contributed by atoms with Crippen molar-refractivity contribution in [2.45, 2.75) is 26.2 Å². The topological polar surface area (TPSA) is 43.4 Å². The first kappa shape index (κ1) is 16.8. The van der Waals surface area contributed by atoms with E-state index in [0.717, 1.165) is 29.4 Å². The Bertz CT molecular complexity index is 752. The van der Waals surface area contributed by atoms with E-state index in [1.807, 2.05) is 31.2 Å². The second-order valence-corrected chi connectivity index (χ2v) is 7.37. The van der Waals surface area contributed by atoms with Crippen molar-refractivity contribution in [3.8, 4) is 16.9 Å². The Kier molecular flexibility index (Phi) is 5.14. The largest absolute Gasteiger partial charge is 0.382 e. The van der Waals surface area contributed by atoms with Crippen molar-refractivity contribution in [3.05, 3.63) is 53.1 Å². The van der Waals surface area contributed by atoms with Gasteiger partial charge in [0, 0.05) is 5.02 Å². The van der Waals surface area contributed by atoms with Crippen LogP contribution in [0.4, 0.5) is 0 Å². The van der Waals surface area contributed by atoms with E-state index in [9.17, 15) is 8.42 Å². The number of hydrogen-bond donors (Lipinski definition) is 0. The molecular weight excluding hydrogens is 320 g/mol. The van der Waals surface area contributed by atoms with E-state index in [1.54, 1.807) is 18.2 Å². The van der Waals surface area contributed by atoms with E-state index in [-0.39, 0.29) is 5.92 Å². The van der Waals surface area contributed by atoms with E-state index in [0.29, 0.717) is 10.8 Å². The maximum absolute atomic E-state index is 11.5. The molecule has 0 radical (unpaired) electrons. The zero-order valence-electron chi connectivity index (χ0n) is 12.8. The summed E-state index contributed by atoms with van der Waals surface area (Å²) in [5.74, 6) is 0.611. The van der Waals surface area contributed by atoms with Gasteiger partial charge in [0.25, 0.3) is 0 Å². The van der Waals surface area contributed by atoms with E-state index in [4.69, 9.17) is 15.8 Å². The van der Waals surface area contributed by atoms with Crippen LogP contribution < -0.4 is 4.18 Å². The Morgan fingerprint density at radius 3 is 2.23 bits per heavy atom. The lowest BCUT2D eigenvalue weighted by Gasteiger charge is -2.16. The average Bonchev–Trinajstić information content (AvgIpc) is 2.45. The van der Waals surface area contributed by atoms with Crippen molar-refractivity contribution in [2.75, 3.05) is 6.26 Å². The van der Waals surface area contributed by atoms with Crippen molar-refractivity contribution in [3.63, 3.8) is 0 Å². The highest BCUT2D eigenvalue weighted by Crippen LogP contribution is 2.34. The van der Waals surface area contributed by atoms with Crippen molar-refractivity contribution in [1.82, 2.24) is 0 Å². The molecule has 1 atom stereocenters. The summed E-state index contributed by atoms with van der Waals surface area (Å²) in [7, 11) is -3.57. The van der Waals surface area contributed by atoms with Gasteiger partial charge in [0.15, 0.2) is 0 Å². The molecule has 1 unspecified atom stereocenters. The third kappa shape index (κ3) is 4.24. The van der Waals surface area contributed by atoms with Gasteiger partial charge >= 0.3 is 10.1 Å². The summed E-state index contributed by atoms with van der Waals surface area (Å²) in [5.41, 5.74) is 2.74. The third-order valence-corrected chi connectivity index (χ3v) is 4.31. The summed E-state index contributed by atoms with van der Waals surface area (Å²) in [6.45, 7) is 4.11. The van der Waals surface area contributed by atoms with Gasteiger partial charge in [0.05, 0.1) is 6.26 Å². The van der Waals surface area contributed by atoms with Crippen molar-refractivity contribution in [2.24, 2.45) is 0 Å². The highest BCUT2D eigenvalue weighted by molar-refractivity contribution is 7.86. The minimum Gasteiger partial charge on any atom is -0.382 e. The second-order valence-electron chi connectivity index (χ2n) is 5.36. The van der Waals surface area contributed by atoms with Crippen LogP contribution in [0.25, 0.3) is 11.1 Å². The van der Waals surface area contributed by atoms with Gasteiger partial charge in [-0.2, -0.15) is 8.42 Å². The van der Waals surface area contributed by atoms with Crippen LogP contribution in [0.2, 0.25) is 5.02 Å². The molecule has 0 aliphatic rings. The maximum Gasteiger partial charge on any atom is 0.306 e. The summed E-state index contributed by atoms with van der Waals surface area (Å²) in [4.78, 5) is 0. The van der Waals surface area contributed by atoms with Crippen LogP contribution >= 0.6 is 11.6 Å². The van der Waals surface area contributed by atoms with E-state index in [2.05, 4.69) is 6.92 Å². The molecule has 0 saturated carbocycles. The zero-order valence-corrected chi connectivity index (χ0v) is 14.4. The molecule has 0 N–H and O–H groups in total. The number of hydrogen-bond acceptors (Lipinski definition) is 3. The van der Waals surface area contributed by atoms with Gasteiger partial charge in [-0.3, -0.25) is 0 Å². The molecule has 2 aromatic carbocycles. The van der Waals surface area contributed by atoms with Crippen LogP contribution in [0.3, 0.4) is 0 Å². The number of halogens is 1. The molecule has 0 bridgehead atoms. The van der Waals surface area contributed by atoms with Crippen LogP contribution in [-0.2, 0) is 10.1 Å². The standard InChI is InChI=1S/C17H19ClO3S/c1-4-12(2)16-10-7-14(11-17(16)21-22(3,19)20)13-5-8-15(18)9-6-13/h5-12H,4H2,1-3H3. The molecule has 0 fully saturated rings. The summed E-state index contributed by atoms with van der Waals surface area (Å²) in [6.07, 6.45) is 1.96. The minimum absolute atomic E-state index is 0.219. The second kappa shape index (κ2) is 6.71. The Morgan fingerprint density at radius 2 is 1.68 bits per heavy atom. The first-order valence-corrected chi connectivity index (χ1v) is 9.29. The van der Waals surface area contributed by atoms with E-state index in [1.165, 1.54) is 0 Å². The van der Waals surface area contributed by atoms with Gasteiger partial charge in [-0.15, -0.1) is 0 Å². The molecule has 2 aromatic rings. The summed E-state index contributed by atoms with van der Waals surface area (Å²) in [5, 5.41) is 0.660. The highest BCUT2D eigenvalue weighted by atomic mass is 35.5. The van der Waals surface area contributed by atoms with Crippen molar-refractivity contribution in [1.29, 1.82) is 0 Å². The number of rotatable bonds is 5. The van der Waals surface area contributed by atoms with Gasteiger partial charge in [0.1, 0.15) is 5.75 Å². The number of benzene rings is 2. The summed E-state index contributed by atoms with van der Waals surface area (Å²) in [6, 6.07) is 13.1. The Labute approximate surface area is 137 Å². The van der Waals surface area contributed by atoms with Gasteiger partial charge in [0.2, 0.25) is 0 Å². The summed E-state index contributed by atoms with van der Waals surface area (Å²) >= 11 is 5.90. The molecule has 3 nitrogen and oxygen atoms in total. The van der Waals surface area contributed by atoms with Gasteiger partial charge < -0.3 is 4.18 Å². The molecule has 0 aliphatic carbocycles. The molecule has 0 aromatic heterocycles. The maximum atomic E-state index is 11.5. The van der Waals surface area contributed by atoms with E-state index < -0.39 is 10.1 Å². The molecule has 2 rings (SSSR count). The van der Waals surface area contributed by atoms with Gasteiger partial charge in [-0.1, -0.05) is 49.7 Å². The normalized spacial score (nSPS) is 12.9. The fourth-order valence-electron chi connectivity index (χ4n) is 2.22. The monoisotopic (exact) mass is 338 g/mol. The molecule has 0 heterocycles. The van der Waals surface area contributed by atoms with Crippen LogP contribution in [-0.4, -0.2) is 14.7 Å². The first-order chi connectivity index (χ1) is 10.3. The molecule has 5 heteroatoms. The molecule has 118 valence electrons. The molecule has 0 saturated heterocycles. The fraction of sp³-hybridized carbons (Fsp3) is 0.294. The fourth-order valence-corrected chi connectivity index (χ4v) is 2.82. The van der Waals surface area contributed by atoms with Crippen LogP contribution in [0.15, 0.2) is 42.5 Å². The lowest BCUT2D eigenvalue weighted by molar-refractivity contribution is 0.486. The molecule has 0 amide bonds. The minimum atomic E-state index is -3.57. The molecule has 0 spiro atoms. The Balaban J connectivity index is 2.50. The zero-order chi connectivity index (χ0) is 16.3. The van der Waals surface area contributed by atoms with E-state index >= 15 is 0 Å². The average molecular weight is 339 g/mol. The predicted octanol–water partition coefficient (Wildman–Crippen LogP) is 4.86. The van der Waals surface area contributed by atoms with Crippen molar-refractivity contribution >= 4 is 21.7 Å². The molecular formula is C17H19ClO3S. The summed E-state index contributed by atoms with van der Waals surface area (Å²) < 4.78 is 28.2. The van der Waals surface area contributed by atoms with Crippen LogP contribution in [0, 0.1) is 0 Å². The van der Waals surface area contributed by atoms with Gasteiger partial charge in [-0.25, -0.2) is 0 Å². The van der Waals surface area contributed by atoms with Gasteiger partial charge in [-0.05, 0) is 47.2 Å². The third-order valence-electron chi connectivity index (χ3n) is 3.58. The van der Waals surface area contributed by atoms with Crippen molar-refractivity contribution < 1.29 is 12.6 Å². The highest BCUT2D eigenvalue weighted by Gasteiger charge is 2.15. The first-order valence-electron chi connectivity index (χ1n) is 7.09.